The Bertz CT molecular complexity index is 580. The molecule has 5 heteroatoms. The number of ether oxygens (including phenoxy) is 1. The Morgan fingerprint density at radius 1 is 1.30 bits per heavy atom. The van der Waals surface area contributed by atoms with E-state index >= 15 is 0 Å². The number of hydrogen-bond donors (Lipinski definition) is 1. The van der Waals surface area contributed by atoms with Crippen LogP contribution in [-0.2, 0) is 20.2 Å². The molecule has 4 nitrogen and oxygen atoms in total. The van der Waals surface area contributed by atoms with Gasteiger partial charge in [-0.2, -0.15) is 5.10 Å². The maximum atomic E-state index is 13.5. The van der Waals surface area contributed by atoms with Crippen LogP contribution in [0.3, 0.4) is 0 Å². The molecule has 0 atom stereocenters. The molecule has 2 rings (SSSR count). The largest absolute Gasteiger partial charge is 0.487 e. The van der Waals surface area contributed by atoms with Crippen molar-refractivity contribution in [3.63, 3.8) is 0 Å². The number of aryl methyl sites for hydroxylation is 2. The zero-order chi connectivity index (χ0) is 14.5. The Balaban J connectivity index is 2.05. The molecule has 1 aromatic carbocycles. The van der Waals surface area contributed by atoms with Gasteiger partial charge in [-0.1, -0.05) is 6.92 Å². The highest BCUT2D eigenvalue weighted by atomic mass is 19.1. The highest BCUT2D eigenvalue weighted by Gasteiger charge is 2.05. The lowest BCUT2D eigenvalue weighted by Crippen LogP contribution is -2.12. The fourth-order valence-corrected chi connectivity index (χ4v) is 2.03. The van der Waals surface area contributed by atoms with Crippen LogP contribution in [-0.4, -0.2) is 16.3 Å². The third-order valence-corrected chi connectivity index (χ3v) is 3.00. The van der Waals surface area contributed by atoms with Crippen LogP contribution in [0, 0.1) is 12.7 Å². The van der Waals surface area contributed by atoms with Crippen LogP contribution in [0.1, 0.15) is 23.9 Å². The van der Waals surface area contributed by atoms with Gasteiger partial charge in [0.1, 0.15) is 18.2 Å². The number of nitrogens with zero attached hydrogens (tertiary/aromatic N) is 2. The maximum Gasteiger partial charge on any atom is 0.130 e. The van der Waals surface area contributed by atoms with Gasteiger partial charge < -0.3 is 10.1 Å². The molecule has 0 saturated heterocycles. The van der Waals surface area contributed by atoms with Crippen molar-refractivity contribution in [2.45, 2.75) is 27.0 Å². The second-order valence-electron chi connectivity index (χ2n) is 4.76. The molecule has 0 aliphatic carbocycles. The highest BCUT2D eigenvalue weighted by molar-refractivity contribution is 5.29. The average Bonchev–Trinajstić information content (AvgIpc) is 2.72. The molecule has 1 aromatic heterocycles. The Labute approximate surface area is 118 Å². The third kappa shape index (κ3) is 3.81. The summed E-state index contributed by atoms with van der Waals surface area (Å²) in [6.07, 6.45) is 0. The summed E-state index contributed by atoms with van der Waals surface area (Å²) in [4.78, 5) is 0. The van der Waals surface area contributed by atoms with E-state index in [1.165, 1.54) is 12.1 Å². The topological polar surface area (TPSA) is 39.1 Å². The van der Waals surface area contributed by atoms with Crippen LogP contribution < -0.4 is 10.1 Å². The van der Waals surface area contributed by atoms with Gasteiger partial charge in [0, 0.05) is 19.7 Å². The first-order chi connectivity index (χ1) is 9.58. The van der Waals surface area contributed by atoms with Crippen LogP contribution in [0.5, 0.6) is 5.75 Å². The monoisotopic (exact) mass is 277 g/mol. The summed E-state index contributed by atoms with van der Waals surface area (Å²) < 4.78 is 21.0. The van der Waals surface area contributed by atoms with Crippen molar-refractivity contribution in [2.24, 2.45) is 7.05 Å². The summed E-state index contributed by atoms with van der Waals surface area (Å²) >= 11 is 0. The van der Waals surface area contributed by atoms with E-state index in [-0.39, 0.29) is 5.82 Å². The second-order valence-corrected chi connectivity index (χ2v) is 4.76. The molecular weight excluding hydrogens is 257 g/mol. The molecule has 0 amide bonds. The van der Waals surface area contributed by atoms with E-state index in [0.29, 0.717) is 18.9 Å². The molecule has 1 heterocycles. The van der Waals surface area contributed by atoms with Crippen LogP contribution in [0.4, 0.5) is 4.39 Å². The molecule has 0 saturated carbocycles. The number of halogens is 1. The van der Waals surface area contributed by atoms with E-state index in [9.17, 15) is 4.39 Å². The van der Waals surface area contributed by atoms with Gasteiger partial charge in [-0.05, 0) is 37.2 Å². The molecule has 0 unspecified atom stereocenters. The number of rotatable bonds is 6. The van der Waals surface area contributed by atoms with Crippen molar-refractivity contribution in [3.8, 4) is 5.75 Å². The first-order valence-electron chi connectivity index (χ1n) is 6.71. The van der Waals surface area contributed by atoms with Crippen LogP contribution in [0.25, 0.3) is 0 Å². The fourth-order valence-electron chi connectivity index (χ4n) is 2.03. The Morgan fingerprint density at radius 3 is 2.75 bits per heavy atom. The summed E-state index contributed by atoms with van der Waals surface area (Å²) in [5, 5.41) is 7.42. The molecule has 0 radical (unpaired) electrons. The molecule has 108 valence electrons. The molecule has 1 N–H and O–H groups in total. The number of hydrogen-bond acceptors (Lipinski definition) is 3. The molecule has 2 aromatic rings. The fraction of sp³-hybridized carbons (Fsp3) is 0.400. The summed E-state index contributed by atoms with van der Waals surface area (Å²) in [7, 11) is 1.87. The van der Waals surface area contributed by atoms with Gasteiger partial charge in [0.25, 0.3) is 0 Å². The number of nitrogens with one attached hydrogen (secondary N) is 1. The second kappa shape index (κ2) is 6.52. The minimum absolute atomic E-state index is 0.281. The van der Waals surface area contributed by atoms with Gasteiger partial charge in [0.05, 0.1) is 11.4 Å². The zero-order valence-corrected chi connectivity index (χ0v) is 12.1. The van der Waals surface area contributed by atoms with E-state index in [0.717, 1.165) is 23.5 Å². The smallest absolute Gasteiger partial charge is 0.130 e. The minimum atomic E-state index is -0.281. The summed E-state index contributed by atoms with van der Waals surface area (Å²) in [6.45, 7) is 5.81. The van der Waals surface area contributed by atoms with E-state index in [2.05, 4.69) is 10.4 Å². The molecule has 0 aliphatic heterocycles. The molecular formula is C15H20FN3O. The average molecular weight is 277 g/mol. The molecule has 0 fully saturated rings. The van der Waals surface area contributed by atoms with Gasteiger partial charge in [0.2, 0.25) is 0 Å². The summed E-state index contributed by atoms with van der Waals surface area (Å²) in [5.74, 6) is 0.258. The van der Waals surface area contributed by atoms with Crippen molar-refractivity contribution in [1.82, 2.24) is 15.1 Å². The number of benzene rings is 1. The molecule has 0 aliphatic rings. The van der Waals surface area contributed by atoms with Gasteiger partial charge in [-0.15, -0.1) is 0 Å². The van der Waals surface area contributed by atoms with Crippen LogP contribution in [0.15, 0.2) is 24.3 Å². The third-order valence-electron chi connectivity index (χ3n) is 3.00. The lowest BCUT2D eigenvalue weighted by molar-refractivity contribution is 0.293. The van der Waals surface area contributed by atoms with Crippen molar-refractivity contribution in [2.75, 3.05) is 6.54 Å². The minimum Gasteiger partial charge on any atom is -0.487 e. The normalized spacial score (nSPS) is 10.8. The van der Waals surface area contributed by atoms with Gasteiger partial charge in [-0.3, -0.25) is 4.68 Å². The Morgan fingerprint density at radius 2 is 2.10 bits per heavy atom. The Hall–Kier alpha value is -1.88. The van der Waals surface area contributed by atoms with Gasteiger partial charge >= 0.3 is 0 Å². The summed E-state index contributed by atoms with van der Waals surface area (Å²) in [6, 6.07) is 6.73. The molecule has 0 spiro atoms. The standard InChI is InChI=1S/C15H20FN3O/c1-4-17-9-12-6-13(16)8-15(7-12)20-10-14-5-11(2)18-19(14)3/h5-8,17H,4,9-10H2,1-3H3. The van der Waals surface area contributed by atoms with Crippen molar-refractivity contribution in [1.29, 1.82) is 0 Å². The van der Waals surface area contributed by atoms with E-state index in [1.807, 2.05) is 33.0 Å². The lowest BCUT2D eigenvalue weighted by Gasteiger charge is -2.09. The molecule has 0 bridgehead atoms. The highest BCUT2D eigenvalue weighted by Crippen LogP contribution is 2.18. The Kier molecular flexibility index (Phi) is 4.74. The zero-order valence-electron chi connectivity index (χ0n) is 12.1. The first kappa shape index (κ1) is 14.5. The van der Waals surface area contributed by atoms with E-state index in [1.54, 1.807) is 4.68 Å². The van der Waals surface area contributed by atoms with E-state index < -0.39 is 0 Å². The quantitative estimate of drug-likeness (QED) is 0.882. The van der Waals surface area contributed by atoms with E-state index in [4.69, 9.17) is 4.74 Å². The van der Waals surface area contributed by atoms with Gasteiger partial charge in [0.15, 0.2) is 0 Å². The lowest BCUT2D eigenvalue weighted by atomic mass is 10.2. The SMILES string of the molecule is CCNCc1cc(F)cc(OCc2cc(C)nn2C)c1. The predicted molar refractivity (Wildman–Crippen MR) is 76.1 cm³/mol. The first-order valence-corrected chi connectivity index (χ1v) is 6.71. The maximum absolute atomic E-state index is 13.5. The molecule has 20 heavy (non-hydrogen) atoms. The predicted octanol–water partition coefficient (Wildman–Crippen LogP) is 2.56. The van der Waals surface area contributed by atoms with Crippen LogP contribution in [0.2, 0.25) is 0 Å². The summed E-state index contributed by atoms with van der Waals surface area (Å²) in [5.41, 5.74) is 2.78. The van der Waals surface area contributed by atoms with Crippen molar-refractivity contribution < 1.29 is 9.13 Å². The van der Waals surface area contributed by atoms with Crippen molar-refractivity contribution >= 4 is 0 Å². The van der Waals surface area contributed by atoms with Crippen LogP contribution >= 0.6 is 0 Å². The van der Waals surface area contributed by atoms with Crippen molar-refractivity contribution in [3.05, 3.63) is 47.0 Å². The van der Waals surface area contributed by atoms with Gasteiger partial charge in [-0.25, -0.2) is 4.39 Å². The number of aromatic nitrogens is 2.